The number of hydrogen-bond donors (Lipinski definition) is 2. The standard InChI is InChI=1S/C14H13N3O2/c1-10-7-8-12(19-10)14(18)17-13-6-2-4-11(16-13)5-3-9-15/h2,4,6-8H,9,15H2,1H3,(H,16,17,18). The Bertz CT molecular complexity index is 650. The van der Waals surface area contributed by atoms with E-state index in [0.717, 1.165) is 0 Å². The SMILES string of the molecule is Cc1ccc(C(=O)Nc2cccc(C#CCN)n2)o1. The number of nitrogens with two attached hydrogens (primary N) is 1. The van der Waals surface area contributed by atoms with E-state index in [-0.39, 0.29) is 18.2 Å². The Hall–Kier alpha value is -2.58. The molecule has 2 heterocycles. The normalized spacial score (nSPS) is 9.58. The lowest BCUT2D eigenvalue weighted by molar-refractivity contribution is 0.0995. The molecule has 0 spiro atoms. The molecule has 0 atom stereocenters. The number of carbonyl (C=O) groups excluding carboxylic acids is 1. The lowest BCUT2D eigenvalue weighted by atomic mass is 10.3. The molecular formula is C14H13N3O2. The molecule has 0 aliphatic carbocycles. The third-order valence-electron chi connectivity index (χ3n) is 2.27. The summed E-state index contributed by atoms with van der Waals surface area (Å²) in [6.07, 6.45) is 0. The second kappa shape index (κ2) is 5.85. The molecule has 0 fully saturated rings. The Morgan fingerprint density at radius 1 is 1.42 bits per heavy atom. The van der Waals surface area contributed by atoms with Gasteiger partial charge in [0, 0.05) is 0 Å². The van der Waals surface area contributed by atoms with E-state index in [4.69, 9.17) is 10.2 Å². The van der Waals surface area contributed by atoms with Crippen LogP contribution in [0, 0.1) is 18.8 Å². The zero-order valence-electron chi connectivity index (χ0n) is 10.4. The molecule has 2 rings (SSSR count). The minimum Gasteiger partial charge on any atom is -0.456 e. The van der Waals surface area contributed by atoms with Crippen molar-refractivity contribution in [1.82, 2.24) is 4.98 Å². The molecule has 2 aromatic rings. The van der Waals surface area contributed by atoms with Gasteiger partial charge in [-0.3, -0.25) is 4.79 Å². The number of nitrogens with one attached hydrogen (secondary N) is 1. The van der Waals surface area contributed by atoms with Crippen LogP contribution in [0.3, 0.4) is 0 Å². The largest absolute Gasteiger partial charge is 0.456 e. The number of nitrogens with zero attached hydrogens (tertiary/aromatic N) is 1. The van der Waals surface area contributed by atoms with Crippen LogP contribution in [0.1, 0.15) is 22.0 Å². The van der Waals surface area contributed by atoms with Gasteiger partial charge in [-0.2, -0.15) is 0 Å². The Kier molecular flexibility index (Phi) is 3.96. The molecule has 19 heavy (non-hydrogen) atoms. The highest BCUT2D eigenvalue weighted by Gasteiger charge is 2.10. The summed E-state index contributed by atoms with van der Waals surface area (Å²) in [5.41, 5.74) is 5.84. The van der Waals surface area contributed by atoms with Crippen molar-refractivity contribution < 1.29 is 9.21 Å². The fraction of sp³-hybridized carbons (Fsp3) is 0.143. The van der Waals surface area contributed by atoms with Crippen molar-refractivity contribution in [2.45, 2.75) is 6.92 Å². The maximum Gasteiger partial charge on any atom is 0.292 e. The van der Waals surface area contributed by atoms with Gasteiger partial charge in [0.1, 0.15) is 17.3 Å². The Balaban J connectivity index is 2.13. The molecule has 5 heteroatoms. The van der Waals surface area contributed by atoms with Gasteiger partial charge in [0.25, 0.3) is 5.91 Å². The van der Waals surface area contributed by atoms with E-state index < -0.39 is 0 Å². The molecule has 3 N–H and O–H groups in total. The van der Waals surface area contributed by atoms with E-state index in [1.807, 2.05) is 0 Å². The molecule has 0 saturated heterocycles. The fourth-order valence-corrected chi connectivity index (χ4v) is 1.45. The zero-order valence-corrected chi connectivity index (χ0v) is 10.4. The van der Waals surface area contributed by atoms with E-state index in [9.17, 15) is 4.79 Å². The second-order valence-electron chi connectivity index (χ2n) is 3.78. The van der Waals surface area contributed by atoms with Gasteiger partial charge >= 0.3 is 0 Å². The highest BCUT2D eigenvalue weighted by atomic mass is 16.3. The van der Waals surface area contributed by atoms with Crippen LogP contribution >= 0.6 is 0 Å². The van der Waals surface area contributed by atoms with E-state index >= 15 is 0 Å². The van der Waals surface area contributed by atoms with Crippen molar-refractivity contribution in [2.24, 2.45) is 5.73 Å². The molecule has 2 aromatic heterocycles. The van der Waals surface area contributed by atoms with Gasteiger partial charge in [-0.1, -0.05) is 12.0 Å². The highest BCUT2D eigenvalue weighted by molar-refractivity contribution is 6.01. The Labute approximate surface area is 110 Å². The summed E-state index contributed by atoms with van der Waals surface area (Å²) in [6, 6.07) is 8.53. The number of anilines is 1. The van der Waals surface area contributed by atoms with Gasteiger partial charge in [-0.05, 0) is 37.1 Å². The van der Waals surface area contributed by atoms with Crippen molar-refractivity contribution in [1.29, 1.82) is 0 Å². The third kappa shape index (κ3) is 3.44. The average Bonchev–Trinajstić information content (AvgIpc) is 2.83. The number of hydrogen-bond acceptors (Lipinski definition) is 4. The maximum atomic E-state index is 11.9. The fourth-order valence-electron chi connectivity index (χ4n) is 1.45. The topological polar surface area (TPSA) is 81.2 Å². The van der Waals surface area contributed by atoms with Crippen LogP contribution in [0.4, 0.5) is 5.82 Å². The third-order valence-corrected chi connectivity index (χ3v) is 2.27. The van der Waals surface area contributed by atoms with Crippen molar-refractivity contribution in [3.8, 4) is 11.8 Å². The van der Waals surface area contributed by atoms with Crippen LogP contribution < -0.4 is 11.1 Å². The predicted octanol–water partition coefficient (Wildman–Crippen LogP) is 1.55. The maximum absolute atomic E-state index is 11.9. The van der Waals surface area contributed by atoms with Crippen LogP contribution in [0.5, 0.6) is 0 Å². The number of carbonyl (C=O) groups is 1. The van der Waals surface area contributed by atoms with Crippen molar-refractivity contribution in [3.05, 3.63) is 47.5 Å². The molecule has 96 valence electrons. The molecule has 0 bridgehead atoms. The first-order chi connectivity index (χ1) is 9.19. The van der Waals surface area contributed by atoms with Gasteiger partial charge in [0.15, 0.2) is 5.76 Å². The van der Waals surface area contributed by atoms with E-state index in [2.05, 4.69) is 22.1 Å². The smallest absolute Gasteiger partial charge is 0.292 e. The van der Waals surface area contributed by atoms with Crippen LogP contribution in [0.2, 0.25) is 0 Å². The molecule has 0 unspecified atom stereocenters. The first-order valence-electron chi connectivity index (χ1n) is 5.73. The Morgan fingerprint density at radius 3 is 2.95 bits per heavy atom. The molecule has 0 radical (unpaired) electrons. The first-order valence-corrected chi connectivity index (χ1v) is 5.73. The summed E-state index contributed by atoms with van der Waals surface area (Å²) < 4.78 is 5.23. The van der Waals surface area contributed by atoms with Crippen LogP contribution in [0.15, 0.2) is 34.7 Å². The monoisotopic (exact) mass is 255 g/mol. The van der Waals surface area contributed by atoms with Gasteiger partial charge in [0.2, 0.25) is 0 Å². The van der Waals surface area contributed by atoms with Gasteiger partial charge in [-0.15, -0.1) is 0 Å². The summed E-state index contributed by atoms with van der Waals surface area (Å²) in [7, 11) is 0. The molecule has 1 amide bonds. The highest BCUT2D eigenvalue weighted by Crippen LogP contribution is 2.10. The summed E-state index contributed by atoms with van der Waals surface area (Å²) in [5.74, 6) is 6.51. The predicted molar refractivity (Wildman–Crippen MR) is 71.6 cm³/mol. The minimum atomic E-state index is -0.343. The summed E-state index contributed by atoms with van der Waals surface area (Å²) in [5, 5.41) is 2.65. The Morgan fingerprint density at radius 2 is 2.26 bits per heavy atom. The number of furan rings is 1. The molecule has 0 aliphatic heterocycles. The van der Waals surface area contributed by atoms with Crippen LogP contribution in [-0.4, -0.2) is 17.4 Å². The number of aryl methyl sites for hydroxylation is 1. The molecule has 5 nitrogen and oxygen atoms in total. The van der Waals surface area contributed by atoms with E-state index in [0.29, 0.717) is 17.3 Å². The summed E-state index contributed by atoms with van der Waals surface area (Å²) in [6.45, 7) is 2.04. The second-order valence-corrected chi connectivity index (χ2v) is 3.78. The van der Waals surface area contributed by atoms with Crippen molar-refractivity contribution >= 4 is 11.7 Å². The number of rotatable bonds is 2. The van der Waals surface area contributed by atoms with Gasteiger partial charge < -0.3 is 15.5 Å². The summed E-state index contributed by atoms with van der Waals surface area (Å²) >= 11 is 0. The lowest BCUT2D eigenvalue weighted by Gasteiger charge is -2.02. The quantitative estimate of drug-likeness (QED) is 0.798. The van der Waals surface area contributed by atoms with Crippen molar-refractivity contribution in [2.75, 3.05) is 11.9 Å². The first kappa shape index (κ1) is 12.9. The molecule has 0 saturated carbocycles. The van der Waals surface area contributed by atoms with E-state index in [1.54, 1.807) is 37.3 Å². The number of aromatic nitrogens is 1. The summed E-state index contributed by atoms with van der Waals surface area (Å²) in [4.78, 5) is 16.0. The average molecular weight is 255 g/mol. The van der Waals surface area contributed by atoms with Crippen LogP contribution in [-0.2, 0) is 0 Å². The molecular weight excluding hydrogens is 242 g/mol. The lowest BCUT2D eigenvalue weighted by Crippen LogP contribution is -2.12. The number of amides is 1. The zero-order chi connectivity index (χ0) is 13.7. The van der Waals surface area contributed by atoms with Gasteiger partial charge in [-0.25, -0.2) is 4.98 Å². The van der Waals surface area contributed by atoms with Crippen LogP contribution in [0.25, 0.3) is 0 Å². The van der Waals surface area contributed by atoms with Gasteiger partial charge in [0.05, 0.1) is 6.54 Å². The molecule has 0 aromatic carbocycles. The molecule has 0 aliphatic rings. The minimum absolute atomic E-state index is 0.248. The number of pyridine rings is 1. The van der Waals surface area contributed by atoms with Crippen molar-refractivity contribution in [3.63, 3.8) is 0 Å². The van der Waals surface area contributed by atoms with E-state index in [1.165, 1.54) is 0 Å².